The van der Waals surface area contributed by atoms with Crippen LogP contribution in [0.5, 0.6) is 0 Å². The smallest absolute Gasteiger partial charge is 0.199 e. The van der Waals surface area contributed by atoms with Crippen molar-refractivity contribution in [3.05, 3.63) is 114 Å². The Kier molecular flexibility index (Phi) is 4.52. The molecule has 0 fully saturated rings. The minimum absolute atomic E-state index is 1.24. The van der Waals surface area contributed by atoms with E-state index in [0.29, 0.717) is 0 Å². The molecule has 0 N–H and O–H groups in total. The van der Waals surface area contributed by atoms with E-state index in [1.165, 1.54) is 67.0 Å². The minimum Gasteiger partial charge on any atom is -0.199 e. The summed E-state index contributed by atoms with van der Waals surface area (Å²) in [5.41, 5.74) is 15.4. The predicted octanol–water partition coefficient (Wildman–Crippen LogP) is 7.78. The van der Waals surface area contributed by atoms with Gasteiger partial charge < -0.3 is 0 Å². The second kappa shape index (κ2) is 7.56. The van der Waals surface area contributed by atoms with E-state index in [1.54, 1.807) is 0 Å². The highest BCUT2D eigenvalue weighted by Gasteiger charge is 2.24. The first-order valence-corrected chi connectivity index (χ1v) is 11.5. The Morgan fingerprint density at radius 1 is 0.424 bits per heavy atom. The molecule has 6 rings (SSSR count). The molecule has 0 saturated carbocycles. The van der Waals surface area contributed by atoms with Crippen molar-refractivity contribution in [3.8, 4) is 55.8 Å². The third-order valence-electron chi connectivity index (χ3n) is 7.06. The Hall–Kier alpha value is -3.97. The molecule has 1 heterocycles. The summed E-state index contributed by atoms with van der Waals surface area (Å²) in [4.78, 5) is 0. The summed E-state index contributed by atoms with van der Waals surface area (Å²) in [6, 6.07) is 37.8. The van der Waals surface area contributed by atoms with Gasteiger partial charge in [-0.15, -0.1) is 0 Å². The Balaban J connectivity index is 1.75. The SMILES string of the molecule is Cc1cc2c(cc1-c1cccc(C)[n+]1C)-c1ccccc1-c1ccccc1-c1ccccc1-2. The van der Waals surface area contributed by atoms with Gasteiger partial charge in [-0.2, -0.15) is 4.57 Å². The number of pyridine rings is 1. The highest BCUT2D eigenvalue weighted by Crippen LogP contribution is 2.48. The third kappa shape index (κ3) is 3.04. The zero-order valence-corrected chi connectivity index (χ0v) is 19.3. The summed E-state index contributed by atoms with van der Waals surface area (Å²) >= 11 is 0. The molecule has 4 aromatic carbocycles. The van der Waals surface area contributed by atoms with E-state index in [4.69, 9.17) is 0 Å². The van der Waals surface area contributed by atoms with E-state index in [0.717, 1.165) is 0 Å². The number of aryl methyl sites for hydroxylation is 2. The van der Waals surface area contributed by atoms with Crippen LogP contribution >= 0.6 is 0 Å². The van der Waals surface area contributed by atoms with Crippen molar-refractivity contribution in [3.63, 3.8) is 0 Å². The summed E-state index contributed by atoms with van der Waals surface area (Å²) in [5, 5.41) is 0. The van der Waals surface area contributed by atoms with Crippen LogP contribution in [0.4, 0.5) is 0 Å². The summed E-state index contributed by atoms with van der Waals surface area (Å²) < 4.78 is 2.28. The average molecular weight is 425 g/mol. The van der Waals surface area contributed by atoms with Crippen molar-refractivity contribution in [1.29, 1.82) is 0 Å². The van der Waals surface area contributed by atoms with Gasteiger partial charge in [0.15, 0.2) is 5.69 Å². The van der Waals surface area contributed by atoms with Gasteiger partial charge in [-0.05, 0) is 75.2 Å². The average Bonchev–Trinajstić information content (AvgIpc) is 2.85. The molecule has 0 atom stereocenters. The first-order chi connectivity index (χ1) is 16.1. The van der Waals surface area contributed by atoms with Crippen LogP contribution in [0.15, 0.2) is 103 Å². The van der Waals surface area contributed by atoms with Crippen LogP contribution in [0.25, 0.3) is 55.8 Å². The lowest BCUT2D eigenvalue weighted by atomic mass is 9.79. The summed E-state index contributed by atoms with van der Waals surface area (Å²) in [7, 11) is 2.15. The van der Waals surface area contributed by atoms with Gasteiger partial charge in [0.25, 0.3) is 0 Å². The fourth-order valence-electron chi connectivity index (χ4n) is 5.25. The third-order valence-corrected chi connectivity index (χ3v) is 7.06. The lowest BCUT2D eigenvalue weighted by Crippen LogP contribution is -2.34. The topological polar surface area (TPSA) is 3.88 Å². The largest absolute Gasteiger partial charge is 0.212 e. The zero-order valence-electron chi connectivity index (χ0n) is 19.3. The van der Waals surface area contributed by atoms with Gasteiger partial charge in [-0.1, -0.05) is 72.8 Å². The molecule has 33 heavy (non-hydrogen) atoms. The normalized spacial score (nSPS) is 11.5. The highest BCUT2D eigenvalue weighted by molar-refractivity contribution is 6.03. The molecule has 0 unspecified atom stereocenters. The van der Waals surface area contributed by atoms with Crippen molar-refractivity contribution in [1.82, 2.24) is 0 Å². The van der Waals surface area contributed by atoms with Crippen molar-refractivity contribution in [2.45, 2.75) is 13.8 Å². The first kappa shape index (κ1) is 19.7. The van der Waals surface area contributed by atoms with Gasteiger partial charge in [-0.25, -0.2) is 0 Å². The van der Waals surface area contributed by atoms with Crippen molar-refractivity contribution in [2.75, 3.05) is 0 Å². The Morgan fingerprint density at radius 2 is 0.848 bits per heavy atom. The van der Waals surface area contributed by atoms with Gasteiger partial charge in [0, 0.05) is 24.6 Å². The second-order valence-corrected chi connectivity index (χ2v) is 8.96. The van der Waals surface area contributed by atoms with Gasteiger partial charge in [0.1, 0.15) is 7.05 Å². The lowest BCUT2D eigenvalue weighted by molar-refractivity contribution is -0.666. The molecule has 0 amide bonds. The first-order valence-electron chi connectivity index (χ1n) is 11.5. The highest BCUT2D eigenvalue weighted by atomic mass is 14.9. The molecule has 1 aliphatic rings. The van der Waals surface area contributed by atoms with Crippen LogP contribution < -0.4 is 4.57 Å². The van der Waals surface area contributed by atoms with Gasteiger partial charge in [0.05, 0.1) is 0 Å². The van der Waals surface area contributed by atoms with E-state index < -0.39 is 0 Å². The molecule has 0 bridgehead atoms. The van der Waals surface area contributed by atoms with Crippen LogP contribution in [0.3, 0.4) is 0 Å². The van der Waals surface area contributed by atoms with E-state index in [9.17, 15) is 0 Å². The van der Waals surface area contributed by atoms with Gasteiger partial charge >= 0.3 is 0 Å². The molecule has 1 nitrogen and oxygen atoms in total. The van der Waals surface area contributed by atoms with Crippen LogP contribution in [-0.4, -0.2) is 0 Å². The number of rotatable bonds is 1. The fraction of sp³-hybridized carbons (Fsp3) is 0.0938. The zero-order chi connectivity index (χ0) is 22.5. The summed E-state index contributed by atoms with van der Waals surface area (Å²) in [5.74, 6) is 0. The molecule has 1 aliphatic carbocycles. The molecular weight excluding hydrogens is 398 g/mol. The van der Waals surface area contributed by atoms with E-state index in [2.05, 4.69) is 129 Å². The number of fused-ring (bicyclic) bond motifs is 8. The maximum atomic E-state index is 2.41. The maximum Gasteiger partial charge on any atom is 0.212 e. The Labute approximate surface area is 195 Å². The van der Waals surface area contributed by atoms with Crippen LogP contribution in [-0.2, 0) is 7.05 Å². The second-order valence-electron chi connectivity index (χ2n) is 8.96. The van der Waals surface area contributed by atoms with E-state index in [1.807, 2.05) is 0 Å². The number of hydrogen-bond donors (Lipinski definition) is 0. The standard InChI is InChI=1S/C32H26N/c1-21-19-30-27-16-8-6-14-25(27)23-12-4-5-13-24(23)26-15-7-9-17-28(26)31(30)20-29(21)32-18-10-11-22(2)33(32)3/h4-20H,1-3H3/q+1. The van der Waals surface area contributed by atoms with Crippen molar-refractivity contribution in [2.24, 2.45) is 7.05 Å². The molecule has 5 aromatic rings. The van der Waals surface area contributed by atoms with Gasteiger partial charge in [0.2, 0.25) is 5.69 Å². The van der Waals surface area contributed by atoms with Crippen LogP contribution in [0.1, 0.15) is 11.3 Å². The van der Waals surface area contributed by atoms with Crippen molar-refractivity contribution >= 4 is 0 Å². The Bertz CT molecular complexity index is 1540. The maximum absolute atomic E-state index is 2.41. The van der Waals surface area contributed by atoms with Crippen LogP contribution in [0.2, 0.25) is 0 Å². The van der Waals surface area contributed by atoms with Crippen molar-refractivity contribution < 1.29 is 4.57 Å². The quantitative estimate of drug-likeness (QED) is 0.237. The molecule has 0 radical (unpaired) electrons. The molecule has 1 aromatic heterocycles. The van der Waals surface area contributed by atoms with Crippen LogP contribution in [0, 0.1) is 13.8 Å². The molecule has 158 valence electrons. The summed E-state index contributed by atoms with van der Waals surface area (Å²) in [6.07, 6.45) is 0. The Morgan fingerprint density at radius 3 is 1.33 bits per heavy atom. The molecular formula is C32H26N+. The monoisotopic (exact) mass is 424 g/mol. The van der Waals surface area contributed by atoms with E-state index >= 15 is 0 Å². The van der Waals surface area contributed by atoms with E-state index in [-0.39, 0.29) is 0 Å². The fourth-order valence-corrected chi connectivity index (χ4v) is 5.25. The lowest BCUT2D eigenvalue weighted by Gasteiger charge is -2.24. The molecule has 0 spiro atoms. The molecule has 1 heteroatoms. The molecule has 0 aliphatic heterocycles. The predicted molar refractivity (Wildman–Crippen MR) is 138 cm³/mol. The number of aromatic nitrogens is 1. The number of hydrogen-bond acceptors (Lipinski definition) is 0. The number of benzene rings is 4. The minimum atomic E-state index is 1.24. The molecule has 0 saturated heterocycles. The summed E-state index contributed by atoms with van der Waals surface area (Å²) in [6.45, 7) is 4.40. The number of nitrogens with zero attached hydrogens (tertiary/aromatic N) is 1. The van der Waals surface area contributed by atoms with Gasteiger partial charge in [-0.3, -0.25) is 0 Å².